The molecule has 0 N–H and O–H groups in total. The number of hydrogen-bond acceptors (Lipinski definition) is 5. The van der Waals surface area contributed by atoms with Crippen LogP contribution in [0.3, 0.4) is 0 Å². The number of carbonyl (C=O) groups excluding carboxylic acids is 2. The zero-order valence-corrected chi connectivity index (χ0v) is 19.1. The Labute approximate surface area is 188 Å². The summed E-state index contributed by atoms with van der Waals surface area (Å²) in [6, 6.07) is 12.3. The molecule has 2 heterocycles. The molecule has 0 aliphatic carbocycles. The Morgan fingerprint density at radius 3 is 2.06 bits per heavy atom. The number of aryl methyl sites for hydroxylation is 1. The van der Waals surface area contributed by atoms with Gasteiger partial charge in [-0.25, -0.2) is 8.42 Å². The number of sulfonamides is 1. The number of hydrogen-bond donors (Lipinski definition) is 0. The molecule has 2 aliphatic rings. The lowest BCUT2D eigenvalue weighted by atomic mass is 10.1. The molecule has 2 amide bonds. The van der Waals surface area contributed by atoms with Crippen LogP contribution in [-0.4, -0.2) is 75.6 Å². The Balaban J connectivity index is 1.45. The number of amides is 2. The van der Waals surface area contributed by atoms with Crippen molar-refractivity contribution in [3.05, 3.63) is 59.2 Å². The van der Waals surface area contributed by atoms with Gasteiger partial charge in [0.1, 0.15) is 5.75 Å². The number of anilines is 1. The third-order valence-electron chi connectivity index (χ3n) is 5.96. The quantitative estimate of drug-likeness (QED) is 0.702. The zero-order valence-electron chi connectivity index (χ0n) is 18.3. The van der Waals surface area contributed by atoms with Gasteiger partial charge >= 0.3 is 0 Å². The van der Waals surface area contributed by atoms with Gasteiger partial charge in [-0.2, -0.15) is 0 Å². The molecule has 2 aromatic carbocycles. The van der Waals surface area contributed by atoms with Crippen LogP contribution in [0.25, 0.3) is 0 Å². The predicted molar refractivity (Wildman–Crippen MR) is 122 cm³/mol. The zero-order chi connectivity index (χ0) is 22.9. The maximum absolute atomic E-state index is 13.1. The maximum Gasteiger partial charge on any atom is 0.257 e. The fraction of sp³-hybridized carbons (Fsp3) is 0.391. The lowest BCUT2D eigenvalue weighted by molar-refractivity contribution is 0.0533. The summed E-state index contributed by atoms with van der Waals surface area (Å²) in [4.78, 5) is 29.3. The van der Waals surface area contributed by atoms with E-state index in [2.05, 4.69) is 0 Å². The average molecular weight is 458 g/mol. The normalized spacial score (nSPS) is 18.0. The molecule has 2 fully saturated rings. The average Bonchev–Trinajstić information content (AvgIpc) is 3.17. The summed E-state index contributed by atoms with van der Waals surface area (Å²) in [5.74, 6) is 0.237. The molecule has 4 rings (SSSR count). The van der Waals surface area contributed by atoms with E-state index >= 15 is 0 Å². The Morgan fingerprint density at radius 2 is 1.50 bits per heavy atom. The first kappa shape index (κ1) is 22.1. The van der Waals surface area contributed by atoms with E-state index in [1.54, 1.807) is 28.0 Å². The number of benzene rings is 2. The van der Waals surface area contributed by atoms with Crippen molar-refractivity contribution in [2.45, 2.75) is 13.3 Å². The van der Waals surface area contributed by atoms with Crippen LogP contribution in [0.4, 0.5) is 5.69 Å². The van der Waals surface area contributed by atoms with Gasteiger partial charge in [0, 0.05) is 44.4 Å². The first-order valence-corrected chi connectivity index (χ1v) is 12.2. The van der Waals surface area contributed by atoms with Gasteiger partial charge in [-0.3, -0.25) is 13.9 Å². The third kappa shape index (κ3) is 4.29. The van der Waals surface area contributed by atoms with Gasteiger partial charge in [0.15, 0.2) is 0 Å². The molecule has 0 radical (unpaired) electrons. The van der Waals surface area contributed by atoms with Gasteiger partial charge in [0.2, 0.25) is 10.0 Å². The summed E-state index contributed by atoms with van der Waals surface area (Å²) in [7, 11) is -1.85. The highest BCUT2D eigenvalue weighted by atomic mass is 32.2. The minimum atomic E-state index is -3.31. The molecule has 2 aliphatic heterocycles. The Hall–Kier alpha value is -3.07. The molecule has 0 unspecified atom stereocenters. The number of nitrogens with zero attached hydrogens (tertiary/aromatic N) is 3. The highest BCUT2D eigenvalue weighted by Crippen LogP contribution is 2.31. The first-order chi connectivity index (χ1) is 15.3. The number of piperazine rings is 1. The molecule has 0 spiro atoms. The van der Waals surface area contributed by atoms with Gasteiger partial charge in [-0.15, -0.1) is 0 Å². The molecule has 2 aromatic rings. The minimum Gasteiger partial charge on any atom is -0.496 e. The number of ether oxygens (including phenoxy) is 1. The van der Waals surface area contributed by atoms with E-state index in [0.29, 0.717) is 61.7 Å². The van der Waals surface area contributed by atoms with E-state index in [4.69, 9.17) is 4.74 Å². The second-order valence-electron chi connectivity index (χ2n) is 8.08. The van der Waals surface area contributed by atoms with E-state index in [1.165, 1.54) is 11.4 Å². The topological polar surface area (TPSA) is 87.2 Å². The van der Waals surface area contributed by atoms with E-state index in [-0.39, 0.29) is 17.6 Å². The van der Waals surface area contributed by atoms with E-state index in [9.17, 15) is 18.0 Å². The molecule has 32 heavy (non-hydrogen) atoms. The molecule has 0 atom stereocenters. The van der Waals surface area contributed by atoms with Crippen LogP contribution in [0.15, 0.2) is 42.5 Å². The second kappa shape index (κ2) is 8.82. The summed E-state index contributed by atoms with van der Waals surface area (Å²) in [5, 5.41) is 0. The SMILES string of the molecule is COc1cc(N2CCCS2(=O)=O)ccc1C(=O)N1CCN(C(=O)c2ccc(C)cc2)CC1. The molecule has 0 aromatic heterocycles. The fourth-order valence-corrected chi connectivity index (χ4v) is 5.66. The summed E-state index contributed by atoms with van der Waals surface area (Å²) in [6.45, 7) is 4.14. The molecular formula is C23H27N3O5S. The summed E-state index contributed by atoms with van der Waals surface area (Å²) < 4.78 is 31.2. The van der Waals surface area contributed by atoms with Crippen molar-refractivity contribution in [3.8, 4) is 5.75 Å². The smallest absolute Gasteiger partial charge is 0.257 e. The van der Waals surface area contributed by atoms with Crippen molar-refractivity contribution in [1.82, 2.24) is 9.80 Å². The van der Waals surface area contributed by atoms with Crippen molar-refractivity contribution in [1.29, 1.82) is 0 Å². The number of methoxy groups -OCH3 is 1. The molecule has 170 valence electrons. The maximum atomic E-state index is 13.1. The standard InChI is InChI=1S/C23H27N3O5S/c1-17-4-6-18(7-5-17)22(27)24-11-13-25(14-12-24)23(28)20-9-8-19(16-21(20)31-2)26-10-3-15-32(26,29)30/h4-9,16H,3,10-15H2,1-2H3. The van der Waals surface area contributed by atoms with Crippen LogP contribution < -0.4 is 9.04 Å². The van der Waals surface area contributed by atoms with E-state index < -0.39 is 10.0 Å². The van der Waals surface area contributed by atoms with Crippen LogP contribution in [0, 0.1) is 6.92 Å². The highest BCUT2D eigenvalue weighted by molar-refractivity contribution is 7.93. The van der Waals surface area contributed by atoms with Gasteiger partial charge in [-0.1, -0.05) is 17.7 Å². The molecule has 9 heteroatoms. The van der Waals surface area contributed by atoms with Crippen LogP contribution >= 0.6 is 0 Å². The largest absolute Gasteiger partial charge is 0.496 e. The van der Waals surface area contributed by atoms with Crippen molar-refractivity contribution >= 4 is 27.5 Å². The third-order valence-corrected chi connectivity index (χ3v) is 7.82. The van der Waals surface area contributed by atoms with Crippen LogP contribution in [0.1, 0.15) is 32.7 Å². The molecule has 8 nitrogen and oxygen atoms in total. The molecule has 2 saturated heterocycles. The number of rotatable bonds is 4. The van der Waals surface area contributed by atoms with Crippen molar-refractivity contribution < 1.29 is 22.7 Å². The highest BCUT2D eigenvalue weighted by Gasteiger charge is 2.31. The van der Waals surface area contributed by atoms with E-state index in [0.717, 1.165) is 5.56 Å². The fourth-order valence-electron chi connectivity index (χ4n) is 4.10. The Kier molecular flexibility index (Phi) is 6.10. The lowest BCUT2D eigenvalue weighted by Gasteiger charge is -2.35. The second-order valence-corrected chi connectivity index (χ2v) is 10.1. The van der Waals surface area contributed by atoms with Crippen molar-refractivity contribution in [3.63, 3.8) is 0 Å². The van der Waals surface area contributed by atoms with Crippen LogP contribution in [-0.2, 0) is 10.0 Å². The van der Waals surface area contributed by atoms with Gasteiger partial charge in [-0.05, 0) is 37.6 Å². The minimum absolute atomic E-state index is 0.0362. The van der Waals surface area contributed by atoms with Gasteiger partial charge in [0.25, 0.3) is 11.8 Å². The van der Waals surface area contributed by atoms with Crippen molar-refractivity contribution in [2.75, 3.05) is 49.9 Å². The number of carbonyl (C=O) groups is 2. The summed E-state index contributed by atoms with van der Waals surface area (Å²) >= 11 is 0. The van der Waals surface area contributed by atoms with E-state index in [1.807, 2.05) is 31.2 Å². The van der Waals surface area contributed by atoms with Gasteiger partial charge in [0.05, 0.1) is 24.1 Å². The Morgan fingerprint density at radius 1 is 0.875 bits per heavy atom. The summed E-state index contributed by atoms with van der Waals surface area (Å²) in [6.07, 6.45) is 0.580. The molecule has 0 bridgehead atoms. The molecule has 0 saturated carbocycles. The molecular weight excluding hydrogens is 430 g/mol. The van der Waals surface area contributed by atoms with Crippen molar-refractivity contribution in [2.24, 2.45) is 0 Å². The van der Waals surface area contributed by atoms with Crippen LogP contribution in [0.2, 0.25) is 0 Å². The monoisotopic (exact) mass is 457 g/mol. The lowest BCUT2D eigenvalue weighted by Crippen LogP contribution is -2.50. The van der Waals surface area contributed by atoms with Crippen LogP contribution in [0.5, 0.6) is 5.75 Å². The first-order valence-electron chi connectivity index (χ1n) is 10.6. The predicted octanol–water partition coefficient (Wildman–Crippen LogP) is 2.14. The summed E-state index contributed by atoms with van der Waals surface area (Å²) in [5.41, 5.74) is 2.62. The van der Waals surface area contributed by atoms with Gasteiger partial charge < -0.3 is 14.5 Å². The Bertz CT molecular complexity index is 1120.